The van der Waals surface area contributed by atoms with Crippen molar-refractivity contribution in [2.24, 2.45) is 0 Å². The van der Waals surface area contributed by atoms with Crippen LogP contribution in [-0.4, -0.2) is 12.6 Å². The number of hydrogen-bond donors (Lipinski definition) is 0. The first-order valence-electron chi connectivity index (χ1n) is 4.21. The summed E-state index contributed by atoms with van der Waals surface area (Å²) in [5.41, 5.74) is 0. The lowest BCUT2D eigenvalue weighted by Gasteiger charge is -1.91. The lowest BCUT2D eigenvalue weighted by Crippen LogP contribution is -1.98. The van der Waals surface area contributed by atoms with Crippen molar-refractivity contribution in [1.82, 2.24) is 0 Å². The second-order valence-electron chi connectivity index (χ2n) is 2.33. The molecule has 0 spiro atoms. The molecule has 0 atom stereocenters. The van der Waals surface area contributed by atoms with E-state index in [1.54, 1.807) is 18.3 Å². The molecular formula is C11H10O2S. The van der Waals surface area contributed by atoms with Gasteiger partial charge in [0.25, 0.3) is 0 Å². The molecule has 0 fully saturated rings. The van der Waals surface area contributed by atoms with Gasteiger partial charge in [0.15, 0.2) is 0 Å². The number of esters is 1. The van der Waals surface area contributed by atoms with Gasteiger partial charge in [-0.3, -0.25) is 0 Å². The predicted octanol–water partition coefficient (Wildman–Crippen LogP) is 2.22. The van der Waals surface area contributed by atoms with Crippen LogP contribution in [0.5, 0.6) is 0 Å². The van der Waals surface area contributed by atoms with Crippen molar-refractivity contribution in [1.29, 1.82) is 0 Å². The fourth-order valence-corrected chi connectivity index (χ4v) is 1.34. The smallest absolute Gasteiger partial charge is 0.331 e. The molecule has 0 aliphatic carbocycles. The van der Waals surface area contributed by atoms with Crippen LogP contribution in [0.1, 0.15) is 11.8 Å². The molecule has 1 rings (SSSR count). The maximum Gasteiger partial charge on any atom is 0.331 e. The van der Waals surface area contributed by atoms with E-state index in [0.29, 0.717) is 6.61 Å². The normalized spacial score (nSPS) is 9.50. The molecule has 14 heavy (non-hydrogen) atoms. The summed E-state index contributed by atoms with van der Waals surface area (Å²) in [6.07, 6.45) is 2.82. The summed E-state index contributed by atoms with van der Waals surface area (Å²) >= 11 is 1.57. The van der Waals surface area contributed by atoms with Gasteiger partial charge in [-0.25, -0.2) is 4.79 Å². The number of thiophene rings is 1. The SMILES string of the molecule is CCOC(=O)/C=C/C#Cc1cccs1. The molecule has 1 aromatic rings. The summed E-state index contributed by atoms with van der Waals surface area (Å²) in [4.78, 5) is 11.8. The Balaban J connectivity index is 2.43. The molecule has 0 aliphatic heterocycles. The third-order valence-electron chi connectivity index (χ3n) is 1.31. The largest absolute Gasteiger partial charge is 0.463 e. The van der Waals surface area contributed by atoms with Crippen molar-refractivity contribution < 1.29 is 9.53 Å². The van der Waals surface area contributed by atoms with Gasteiger partial charge in [-0.2, -0.15) is 0 Å². The van der Waals surface area contributed by atoms with Crippen LogP contribution in [0.25, 0.3) is 0 Å². The van der Waals surface area contributed by atoms with Gasteiger partial charge in [0.2, 0.25) is 0 Å². The maximum atomic E-state index is 10.8. The van der Waals surface area contributed by atoms with Gasteiger partial charge in [-0.15, -0.1) is 11.3 Å². The van der Waals surface area contributed by atoms with Gasteiger partial charge in [0, 0.05) is 6.08 Å². The highest BCUT2D eigenvalue weighted by Gasteiger charge is 1.90. The molecule has 0 amide bonds. The number of ether oxygens (including phenoxy) is 1. The molecule has 0 aromatic carbocycles. The van der Waals surface area contributed by atoms with Crippen LogP contribution in [0.2, 0.25) is 0 Å². The zero-order chi connectivity index (χ0) is 10.2. The Morgan fingerprint density at radius 1 is 1.71 bits per heavy atom. The summed E-state index contributed by atoms with van der Waals surface area (Å²) < 4.78 is 4.69. The van der Waals surface area contributed by atoms with E-state index in [4.69, 9.17) is 0 Å². The predicted molar refractivity (Wildman–Crippen MR) is 57.0 cm³/mol. The van der Waals surface area contributed by atoms with E-state index in [0.717, 1.165) is 4.88 Å². The molecular weight excluding hydrogens is 196 g/mol. The Bertz CT molecular complexity index is 366. The van der Waals surface area contributed by atoms with Crippen LogP contribution in [0.3, 0.4) is 0 Å². The molecule has 0 bridgehead atoms. The Morgan fingerprint density at radius 3 is 3.21 bits per heavy atom. The monoisotopic (exact) mass is 206 g/mol. The van der Waals surface area contributed by atoms with E-state index in [-0.39, 0.29) is 5.97 Å². The molecule has 0 radical (unpaired) electrons. The van der Waals surface area contributed by atoms with Gasteiger partial charge in [-0.05, 0) is 24.4 Å². The highest BCUT2D eigenvalue weighted by molar-refractivity contribution is 7.10. The van der Waals surface area contributed by atoms with Crippen molar-refractivity contribution >= 4 is 17.3 Å². The molecule has 3 heteroatoms. The number of allylic oxidation sites excluding steroid dienone is 1. The Morgan fingerprint density at radius 2 is 2.57 bits per heavy atom. The first kappa shape index (κ1) is 10.6. The zero-order valence-electron chi connectivity index (χ0n) is 7.82. The maximum absolute atomic E-state index is 10.8. The Labute approximate surface area is 87.2 Å². The van der Waals surface area contributed by atoms with Crippen molar-refractivity contribution in [3.05, 3.63) is 34.5 Å². The average molecular weight is 206 g/mol. The van der Waals surface area contributed by atoms with Crippen LogP contribution in [0, 0.1) is 11.8 Å². The second-order valence-corrected chi connectivity index (χ2v) is 3.28. The summed E-state index contributed by atoms with van der Waals surface area (Å²) in [7, 11) is 0. The van der Waals surface area contributed by atoms with Crippen LogP contribution in [0.15, 0.2) is 29.7 Å². The van der Waals surface area contributed by atoms with Crippen molar-refractivity contribution in [3.8, 4) is 11.8 Å². The molecule has 0 unspecified atom stereocenters. The standard InChI is InChI=1S/C11H10O2S/c1-2-13-11(12)8-4-3-6-10-7-5-9-14-10/h4-5,7-9H,2H2,1H3/b8-4+. The van der Waals surface area contributed by atoms with Gasteiger partial charge < -0.3 is 4.74 Å². The third kappa shape index (κ3) is 3.92. The summed E-state index contributed by atoms with van der Waals surface area (Å²) in [5.74, 6) is 5.30. The quantitative estimate of drug-likeness (QED) is 0.421. The topological polar surface area (TPSA) is 26.3 Å². The molecule has 1 aromatic heterocycles. The Hall–Kier alpha value is -1.53. The minimum atomic E-state index is -0.354. The van der Waals surface area contributed by atoms with Gasteiger partial charge in [-0.1, -0.05) is 17.9 Å². The van der Waals surface area contributed by atoms with Crippen molar-refractivity contribution in [3.63, 3.8) is 0 Å². The molecule has 2 nitrogen and oxygen atoms in total. The number of rotatable bonds is 2. The molecule has 0 saturated carbocycles. The molecule has 72 valence electrons. The second kappa shape index (κ2) is 6.01. The molecule has 0 N–H and O–H groups in total. The van der Waals surface area contributed by atoms with E-state index >= 15 is 0 Å². The molecule has 1 heterocycles. The van der Waals surface area contributed by atoms with Crippen LogP contribution < -0.4 is 0 Å². The first-order valence-corrected chi connectivity index (χ1v) is 5.09. The highest BCUT2D eigenvalue weighted by atomic mass is 32.1. The van der Waals surface area contributed by atoms with Gasteiger partial charge in [0.05, 0.1) is 11.5 Å². The van der Waals surface area contributed by atoms with Crippen molar-refractivity contribution in [2.45, 2.75) is 6.92 Å². The lowest BCUT2D eigenvalue weighted by atomic mass is 10.4. The van der Waals surface area contributed by atoms with E-state index in [1.807, 2.05) is 17.5 Å². The Kier molecular flexibility index (Phi) is 4.53. The van der Waals surface area contributed by atoms with E-state index in [9.17, 15) is 4.79 Å². The molecule has 0 saturated heterocycles. The van der Waals surface area contributed by atoms with E-state index in [1.165, 1.54) is 12.2 Å². The van der Waals surface area contributed by atoms with Crippen LogP contribution in [-0.2, 0) is 9.53 Å². The van der Waals surface area contributed by atoms with Gasteiger partial charge in [0.1, 0.15) is 0 Å². The zero-order valence-corrected chi connectivity index (χ0v) is 8.64. The fraction of sp³-hybridized carbons (Fsp3) is 0.182. The number of hydrogen-bond acceptors (Lipinski definition) is 3. The average Bonchev–Trinajstić information content (AvgIpc) is 2.65. The summed E-state index contributed by atoms with van der Waals surface area (Å²) in [6.45, 7) is 2.16. The summed E-state index contributed by atoms with van der Waals surface area (Å²) in [5, 5.41) is 1.96. The number of carbonyl (C=O) groups is 1. The highest BCUT2D eigenvalue weighted by Crippen LogP contribution is 2.05. The third-order valence-corrected chi connectivity index (χ3v) is 2.09. The minimum Gasteiger partial charge on any atom is -0.463 e. The minimum absolute atomic E-state index is 0.354. The van der Waals surface area contributed by atoms with E-state index in [2.05, 4.69) is 16.6 Å². The molecule has 0 aliphatic rings. The van der Waals surface area contributed by atoms with E-state index < -0.39 is 0 Å². The van der Waals surface area contributed by atoms with Crippen LogP contribution in [0.4, 0.5) is 0 Å². The summed E-state index contributed by atoms with van der Waals surface area (Å²) in [6, 6.07) is 3.86. The van der Waals surface area contributed by atoms with Crippen molar-refractivity contribution in [2.75, 3.05) is 6.61 Å². The van der Waals surface area contributed by atoms with Gasteiger partial charge >= 0.3 is 5.97 Å². The van der Waals surface area contributed by atoms with Crippen LogP contribution >= 0.6 is 11.3 Å². The first-order chi connectivity index (χ1) is 6.83. The fourth-order valence-electron chi connectivity index (χ4n) is 0.763. The number of carbonyl (C=O) groups excluding carboxylic acids is 1. The lowest BCUT2D eigenvalue weighted by molar-refractivity contribution is -0.137.